The lowest BCUT2D eigenvalue weighted by atomic mass is 10.2. The summed E-state index contributed by atoms with van der Waals surface area (Å²) in [5.74, 6) is -1.13. The Bertz CT molecular complexity index is 549. The van der Waals surface area contributed by atoms with Gasteiger partial charge in [-0.2, -0.15) is 0 Å². The number of hydrogen-bond donors (Lipinski definition) is 3. The van der Waals surface area contributed by atoms with E-state index in [1.165, 1.54) is 0 Å². The predicted octanol–water partition coefficient (Wildman–Crippen LogP) is 1.70. The summed E-state index contributed by atoms with van der Waals surface area (Å²) < 4.78 is 0. The Morgan fingerprint density at radius 3 is 2.75 bits per heavy atom. The molecule has 0 saturated carbocycles. The molecule has 6 nitrogen and oxygen atoms in total. The van der Waals surface area contributed by atoms with Gasteiger partial charge in [-0.05, 0) is 24.6 Å². The number of urea groups is 1. The van der Waals surface area contributed by atoms with Crippen LogP contribution in [0.3, 0.4) is 0 Å². The van der Waals surface area contributed by atoms with Crippen LogP contribution in [0, 0.1) is 6.92 Å². The van der Waals surface area contributed by atoms with E-state index >= 15 is 0 Å². The minimum atomic E-state index is -1.13. The molecule has 2 rings (SSSR count). The number of aliphatic hydroxyl groups excluding tert-OH is 1. The molecular weight excluding hydrogens is 284 g/mol. The predicted molar refractivity (Wildman–Crippen MR) is 74.0 cm³/mol. The van der Waals surface area contributed by atoms with E-state index in [-0.39, 0.29) is 13.0 Å². The third-order valence-electron chi connectivity index (χ3n) is 3.25. The van der Waals surface area contributed by atoms with Crippen molar-refractivity contribution in [3.63, 3.8) is 0 Å². The van der Waals surface area contributed by atoms with E-state index in [2.05, 4.69) is 5.32 Å². The Morgan fingerprint density at radius 1 is 1.45 bits per heavy atom. The van der Waals surface area contributed by atoms with Gasteiger partial charge in [-0.3, -0.25) is 0 Å². The lowest BCUT2D eigenvalue weighted by molar-refractivity contribution is -0.141. The average molecular weight is 299 g/mol. The van der Waals surface area contributed by atoms with Gasteiger partial charge in [0.15, 0.2) is 0 Å². The molecule has 1 heterocycles. The lowest BCUT2D eigenvalue weighted by Crippen LogP contribution is -2.43. The van der Waals surface area contributed by atoms with Gasteiger partial charge in [0, 0.05) is 23.7 Å². The molecular formula is C13H15ClN2O4. The van der Waals surface area contributed by atoms with Gasteiger partial charge in [0.1, 0.15) is 6.04 Å². The minimum Gasteiger partial charge on any atom is -0.480 e. The Morgan fingerprint density at radius 2 is 2.15 bits per heavy atom. The van der Waals surface area contributed by atoms with Gasteiger partial charge in [0.25, 0.3) is 0 Å². The first-order chi connectivity index (χ1) is 9.38. The van der Waals surface area contributed by atoms with Crippen molar-refractivity contribution in [3.8, 4) is 0 Å². The van der Waals surface area contributed by atoms with Gasteiger partial charge in [-0.15, -0.1) is 0 Å². The minimum absolute atomic E-state index is 0.00237. The molecule has 0 aromatic heterocycles. The number of likely N-dealkylation sites (tertiary alicyclic amines) is 1. The summed E-state index contributed by atoms with van der Waals surface area (Å²) in [6, 6.07) is 3.46. The first-order valence-electron chi connectivity index (χ1n) is 6.13. The number of aliphatic hydroxyl groups is 1. The van der Waals surface area contributed by atoms with E-state index in [1.54, 1.807) is 18.2 Å². The molecule has 1 fully saturated rings. The number of β-amino-alcohol motifs (C(OH)–C–C–N with tert-alkyl or cyclic N) is 1. The van der Waals surface area contributed by atoms with Crippen molar-refractivity contribution in [2.45, 2.75) is 25.5 Å². The summed E-state index contributed by atoms with van der Waals surface area (Å²) in [7, 11) is 0. The van der Waals surface area contributed by atoms with Crippen LogP contribution in [0.2, 0.25) is 5.02 Å². The number of aliphatic carboxylic acids is 1. The number of anilines is 1. The van der Waals surface area contributed by atoms with Gasteiger partial charge in [-0.25, -0.2) is 9.59 Å². The van der Waals surface area contributed by atoms with E-state index in [1.807, 2.05) is 6.92 Å². The number of halogens is 1. The number of nitrogens with one attached hydrogen (secondary N) is 1. The number of carboxylic acids is 1. The van der Waals surface area contributed by atoms with E-state index in [9.17, 15) is 14.7 Å². The monoisotopic (exact) mass is 298 g/mol. The molecule has 0 bridgehead atoms. The summed E-state index contributed by atoms with van der Waals surface area (Å²) in [4.78, 5) is 24.2. The van der Waals surface area contributed by atoms with E-state index in [0.717, 1.165) is 10.5 Å². The average Bonchev–Trinajstić information content (AvgIpc) is 2.76. The zero-order chi connectivity index (χ0) is 14.9. The quantitative estimate of drug-likeness (QED) is 0.775. The summed E-state index contributed by atoms with van der Waals surface area (Å²) in [5.41, 5.74) is 1.36. The van der Waals surface area contributed by atoms with Crippen molar-refractivity contribution in [2.75, 3.05) is 11.9 Å². The standard InChI is InChI=1S/C13H15ClN2O4/c1-7-2-3-8(4-10(7)14)15-13(20)16-6-9(17)5-11(16)12(18)19/h2-4,9,11,17H,5-6H2,1H3,(H,15,20)(H,18,19). The van der Waals surface area contributed by atoms with Gasteiger partial charge in [0.05, 0.1) is 6.10 Å². The molecule has 2 atom stereocenters. The van der Waals surface area contributed by atoms with E-state index < -0.39 is 24.1 Å². The van der Waals surface area contributed by atoms with Crippen molar-refractivity contribution in [3.05, 3.63) is 28.8 Å². The Kier molecular flexibility index (Phi) is 4.15. The molecule has 1 aromatic rings. The van der Waals surface area contributed by atoms with Crippen LogP contribution >= 0.6 is 11.6 Å². The van der Waals surface area contributed by atoms with Crippen molar-refractivity contribution in [1.29, 1.82) is 0 Å². The van der Waals surface area contributed by atoms with Crippen LogP contribution in [0.1, 0.15) is 12.0 Å². The fourth-order valence-electron chi connectivity index (χ4n) is 2.14. The number of rotatable bonds is 2. The van der Waals surface area contributed by atoms with Crippen LogP contribution in [0.4, 0.5) is 10.5 Å². The summed E-state index contributed by atoms with van der Waals surface area (Å²) in [6.45, 7) is 1.84. The van der Waals surface area contributed by atoms with Crippen molar-refractivity contribution >= 4 is 29.3 Å². The van der Waals surface area contributed by atoms with E-state index in [0.29, 0.717) is 10.7 Å². The Balaban J connectivity index is 2.11. The van der Waals surface area contributed by atoms with Crippen molar-refractivity contribution < 1.29 is 19.8 Å². The molecule has 0 aliphatic carbocycles. The summed E-state index contributed by atoms with van der Waals surface area (Å²) in [5, 5.41) is 21.6. The van der Waals surface area contributed by atoms with Gasteiger partial charge in [-0.1, -0.05) is 17.7 Å². The highest BCUT2D eigenvalue weighted by Gasteiger charge is 2.38. The van der Waals surface area contributed by atoms with Crippen LogP contribution in [-0.2, 0) is 4.79 Å². The fraction of sp³-hybridized carbons (Fsp3) is 0.385. The highest BCUT2D eigenvalue weighted by molar-refractivity contribution is 6.31. The number of carboxylic acid groups (broad SMARTS) is 1. The number of carbonyl (C=O) groups is 2. The maximum Gasteiger partial charge on any atom is 0.326 e. The first kappa shape index (κ1) is 14.6. The molecule has 108 valence electrons. The third-order valence-corrected chi connectivity index (χ3v) is 3.66. The maximum absolute atomic E-state index is 12.1. The zero-order valence-electron chi connectivity index (χ0n) is 10.8. The van der Waals surface area contributed by atoms with Gasteiger partial charge >= 0.3 is 12.0 Å². The molecule has 1 aromatic carbocycles. The molecule has 0 spiro atoms. The number of benzene rings is 1. The van der Waals surface area contributed by atoms with Crippen molar-refractivity contribution in [2.24, 2.45) is 0 Å². The van der Waals surface area contributed by atoms with Crippen LogP contribution in [0.15, 0.2) is 18.2 Å². The Labute approximate surface area is 121 Å². The number of carbonyl (C=O) groups excluding carboxylic acids is 1. The highest BCUT2D eigenvalue weighted by Crippen LogP contribution is 2.22. The van der Waals surface area contributed by atoms with Crippen LogP contribution < -0.4 is 5.32 Å². The molecule has 1 saturated heterocycles. The molecule has 2 amide bonds. The van der Waals surface area contributed by atoms with Gasteiger partial charge < -0.3 is 20.4 Å². The smallest absolute Gasteiger partial charge is 0.326 e. The second-order valence-electron chi connectivity index (χ2n) is 4.79. The second kappa shape index (κ2) is 5.68. The van der Waals surface area contributed by atoms with Crippen molar-refractivity contribution in [1.82, 2.24) is 4.90 Å². The number of amides is 2. The zero-order valence-corrected chi connectivity index (χ0v) is 11.6. The molecule has 0 radical (unpaired) electrons. The van der Waals surface area contributed by atoms with E-state index in [4.69, 9.17) is 16.7 Å². The molecule has 20 heavy (non-hydrogen) atoms. The topological polar surface area (TPSA) is 89.9 Å². The normalized spacial score (nSPS) is 21.9. The fourth-order valence-corrected chi connectivity index (χ4v) is 2.32. The maximum atomic E-state index is 12.1. The summed E-state index contributed by atoms with van der Waals surface area (Å²) in [6.07, 6.45) is -0.777. The molecule has 7 heteroatoms. The first-order valence-corrected chi connectivity index (χ1v) is 6.51. The molecule has 3 N–H and O–H groups in total. The summed E-state index contributed by atoms with van der Waals surface area (Å²) >= 11 is 5.96. The molecule has 1 aliphatic rings. The SMILES string of the molecule is Cc1ccc(NC(=O)N2CC(O)CC2C(=O)O)cc1Cl. The number of nitrogens with zero attached hydrogens (tertiary/aromatic N) is 1. The second-order valence-corrected chi connectivity index (χ2v) is 5.20. The van der Waals surface area contributed by atoms with Crippen LogP contribution in [-0.4, -0.2) is 45.8 Å². The largest absolute Gasteiger partial charge is 0.480 e. The van der Waals surface area contributed by atoms with Gasteiger partial charge in [0.2, 0.25) is 0 Å². The lowest BCUT2D eigenvalue weighted by Gasteiger charge is -2.21. The third kappa shape index (κ3) is 3.02. The number of aryl methyl sites for hydroxylation is 1. The Hall–Kier alpha value is -1.79. The molecule has 1 aliphatic heterocycles. The van der Waals surface area contributed by atoms with Crippen LogP contribution in [0.5, 0.6) is 0 Å². The van der Waals surface area contributed by atoms with Crippen LogP contribution in [0.25, 0.3) is 0 Å². The molecule has 2 unspecified atom stereocenters. The highest BCUT2D eigenvalue weighted by atomic mass is 35.5. The number of hydrogen-bond acceptors (Lipinski definition) is 3.